The molecule has 0 bridgehead atoms. The van der Waals surface area contributed by atoms with Crippen LogP contribution in [0, 0.1) is 13.8 Å². The smallest absolute Gasteiger partial charge is 0.221 e. The SMILES string of the molecule is CC(=O)Nc1ccc(C(O)CN2CCC3(C=Cc4cc(C)c(C)cc4O3)CC2)cc1. The number of benzene rings is 2. The first kappa shape index (κ1) is 20.6. The van der Waals surface area contributed by atoms with Crippen LogP contribution >= 0.6 is 0 Å². The fourth-order valence-corrected chi connectivity index (χ4v) is 4.25. The van der Waals surface area contributed by atoms with Crippen molar-refractivity contribution < 1.29 is 14.6 Å². The van der Waals surface area contributed by atoms with Gasteiger partial charge < -0.3 is 20.1 Å². The van der Waals surface area contributed by atoms with Gasteiger partial charge in [-0.2, -0.15) is 0 Å². The molecule has 0 saturated carbocycles. The lowest BCUT2D eigenvalue weighted by atomic mass is 9.87. The van der Waals surface area contributed by atoms with Gasteiger partial charge in [-0.1, -0.05) is 18.2 Å². The minimum Gasteiger partial charge on any atom is -0.482 e. The fourth-order valence-electron chi connectivity index (χ4n) is 4.25. The maximum Gasteiger partial charge on any atom is 0.221 e. The summed E-state index contributed by atoms with van der Waals surface area (Å²) in [5.41, 5.74) is 5.06. The first-order valence-electron chi connectivity index (χ1n) is 10.6. The van der Waals surface area contributed by atoms with Crippen LogP contribution in [0.4, 0.5) is 5.69 Å². The van der Waals surface area contributed by atoms with E-state index in [4.69, 9.17) is 4.74 Å². The van der Waals surface area contributed by atoms with Gasteiger partial charge in [0.25, 0.3) is 0 Å². The molecular formula is C25H30N2O3. The van der Waals surface area contributed by atoms with Crippen LogP contribution in [0.15, 0.2) is 42.5 Å². The Morgan fingerprint density at radius 2 is 1.83 bits per heavy atom. The van der Waals surface area contributed by atoms with E-state index in [-0.39, 0.29) is 11.5 Å². The lowest BCUT2D eigenvalue weighted by Gasteiger charge is -2.42. The second-order valence-electron chi connectivity index (χ2n) is 8.59. The number of piperidine rings is 1. The number of ether oxygens (including phenoxy) is 1. The molecule has 0 aliphatic carbocycles. The van der Waals surface area contributed by atoms with E-state index >= 15 is 0 Å². The number of aryl methyl sites for hydroxylation is 2. The summed E-state index contributed by atoms with van der Waals surface area (Å²) in [5.74, 6) is 0.880. The van der Waals surface area contributed by atoms with Crippen LogP contribution in [-0.4, -0.2) is 41.1 Å². The summed E-state index contributed by atoms with van der Waals surface area (Å²) in [6.07, 6.45) is 5.68. The Kier molecular flexibility index (Phi) is 5.67. The number of anilines is 1. The maximum atomic E-state index is 11.1. The van der Waals surface area contributed by atoms with E-state index in [1.807, 2.05) is 24.3 Å². The summed E-state index contributed by atoms with van der Waals surface area (Å²) in [6, 6.07) is 11.7. The van der Waals surface area contributed by atoms with Gasteiger partial charge >= 0.3 is 0 Å². The molecule has 5 heteroatoms. The molecule has 158 valence electrons. The van der Waals surface area contributed by atoms with Crippen molar-refractivity contribution in [3.05, 3.63) is 64.7 Å². The highest BCUT2D eigenvalue weighted by molar-refractivity contribution is 5.88. The topological polar surface area (TPSA) is 61.8 Å². The predicted octanol–water partition coefficient (Wildman–Crippen LogP) is 4.24. The highest BCUT2D eigenvalue weighted by Gasteiger charge is 2.37. The van der Waals surface area contributed by atoms with Crippen LogP contribution in [0.5, 0.6) is 5.75 Å². The summed E-state index contributed by atoms with van der Waals surface area (Å²) in [7, 11) is 0. The normalized spacial score (nSPS) is 18.5. The molecule has 1 atom stereocenters. The van der Waals surface area contributed by atoms with E-state index in [0.717, 1.165) is 48.5 Å². The van der Waals surface area contributed by atoms with Gasteiger partial charge in [0, 0.05) is 50.7 Å². The van der Waals surface area contributed by atoms with Crippen LogP contribution in [0.2, 0.25) is 0 Å². The molecule has 2 N–H and O–H groups in total. The van der Waals surface area contributed by atoms with Crippen LogP contribution in [0.1, 0.15) is 48.1 Å². The molecule has 2 aliphatic rings. The standard InChI is InChI=1S/C25H30N2O3/c1-17-14-21-8-9-25(30-24(21)15-18(17)2)10-12-27(13-11-25)16-23(29)20-4-6-22(7-5-20)26-19(3)28/h4-9,14-15,23,29H,10-13,16H2,1-3H3,(H,26,28). The number of nitrogens with one attached hydrogen (secondary N) is 1. The van der Waals surface area contributed by atoms with Crippen molar-refractivity contribution in [1.82, 2.24) is 4.90 Å². The van der Waals surface area contributed by atoms with Crippen molar-refractivity contribution in [3.63, 3.8) is 0 Å². The molecule has 1 fully saturated rings. The molecule has 0 radical (unpaired) electrons. The number of hydrogen-bond donors (Lipinski definition) is 2. The van der Waals surface area contributed by atoms with Gasteiger partial charge in [-0.25, -0.2) is 0 Å². The van der Waals surface area contributed by atoms with E-state index in [9.17, 15) is 9.90 Å². The Bertz CT molecular complexity index is 957. The lowest BCUT2D eigenvalue weighted by Crippen LogP contribution is -2.48. The lowest BCUT2D eigenvalue weighted by molar-refractivity contribution is -0.114. The minimum atomic E-state index is -0.556. The number of rotatable bonds is 4. The third-order valence-electron chi connectivity index (χ3n) is 6.26. The van der Waals surface area contributed by atoms with Crippen LogP contribution in [0.25, 0.3) is 6.08 Å². The minimum absolute atomic E-state index is 0.0996. The van der Waals surface area contributed by atoms with Crippen LogP contribution in [0.3, 0.4) is 0 Å². The summed E-state index contributed by atoms with van der Waals surface area (Å²) < 4.78 is 6.47. The zero-order chi connectivity index (χ0) is 21.3. The second-order valence-corrected chi connectivity index (χ2v) is 8.59. The third-order valence-corrected chi connectivity index (χ3v) is 6.26. The molecule has 1 unspecified atom stereocenters. The zero-order valence-electron chi connectivity index (χ0n) is 17.9. The Hall–Kier alpha value is -2.63. The molecule has 2 aromatic carbocycles. The van der Waals surface area contributed by atoms with Crippen molar-refractivity contribution in [3.8, 4) is 5.75 Å². The Morgan fingerprint density at radius 3 is 2.50 bits per heavy atom. The summed E-state index contributed by atoms with van der Waals surface area (Å²) in [5, 5.41) is 13.4. The first-order chi connectivity index (χ1) is 14.3. The number of aliphatic hydroxyl groups excluding tert-OH is 1. The number of β-amino-alcohol motifs (C(OH)–C–C–N with tert-alkyl or cyclic N) is 1. The Balaban J connectivity index is 1.35. The maximum absolute atomic E-state index is 11.1. The molecule has 1 saturated heterocycles. The second kappa shape index (κ2) is 8.25. The monoisotopic (exact) mass is 406 g/mol. The van der Waals surface area contributed by atoms with Gasteiger partial charge in [-0.15, -0.1) is 0 Å². The molecule has 4 rings (SSSR count). The molecule has 2 heterocycles. The van der Waals surface area contributed by atoms with Crippen LogP contribution in [-0.2, 0) is 4.79 Å². The third kappa shape index (κ3) is 4.42. The molecule has 5 nitrogen and oxygen atoms in total. The Morgan fingerprint density at radius 1 is 1.17 bits per heavy atom. The van der Waals surface area contributed by atoms with Gasteiger partial charge in [0.05, 0.1) is 6.10 Å². The molecule has 2 aliphatic heterocycles. The van der Waals surface area contributed by atoms with Gasteiger partial charge in [0.2, 0.25) is 5.91 Å². The van der Waals surface area contributed by atoms with E-state index in [1.165, 1.54) is 18.1 Å². The van der Waals surface area contributed by atoms with Gasteiger partial charge in [-0.3, -0.25) is 4.79 Å². The summed E-state index contributed by atoms with van der Waals surface area (Å²) in [6.45, 7) is 8.09. The average Bonchev–Trinajstić information content (AvgIpc) is 2.71. The number of likely N-dealkylation sites (tertiary alicyclic amines) is 1. The number of amides is 1. The van der Waals surface area contributed by atoms with E-state index < -0.39 is 6.10 Å². The molecule has 1 spiro atoms. The van der Waals surface area contributed by atoms with Gasteiger partial charge in [0.1, 0.15) is 11.4 Å². The Labute approximate surface area is 178 Å². The zero-order valence-corrected chi connectivity index (χ0v) is 17.9. The van der Waals surface area contributed by atoms with Crippen LogP contribution < -0.4 is 10.1 Å². The predicted molar refractivity (Wildman–Crippen MR) is 120 cm³/mol. The number of carbonyl (C=O) groups is 1. The summed E-state index contributed by atoms with van der Waals surface area (Å²) >= 11 is 0. The van der Waals surface area contributed by atoms with Crippen molar-refractivity contribution in [2.75, 3.05) is 25.0 Å². The summed E-state index contributed by atoms with van der Waals surface area (Å²) in [4.78, 5) is 13.4. The van der Waals surface area contributed by atoms with Crippen molar-refractivity contribution in [2.45, 2.75) is 45.3 Å². The van der Waals surface area contributed by atoms with Crippen molar-refractivity contribution in [2.24, 2.45) is 0 Å². The van der Waals surface area contributed by atoms with E-state index in [1.54, 1.807) is 0 Å². The molecule has 30 heavy (non-hydrogen) atoms. The van der Waals surface area contributed by atoms with Crippen molar-refractivity contribution in [1.29, 1.82) is 0 Å². The van der Waals surface area contributed by atoms with Gasteiger partial charge in [-0.05, 0) is 60.9 Å². The molecule has 0 aromatic heterocycles. The van der Waals surface area contributed by atoms with E-state index in [2.05, 4.69) is 48.3 Å². The quantitative estimate of drug-likeness (QED) is 0.797. The number of carbonyl (C=O) groups excluding carboxylic acids is 1. The molecule has 2 aromatic rings. The highest BCUT2D eigenvalue weighted by Crippen LogP contribution is 2.38. The number of aliphatic hydroxyl groups is 1. The molecule has 1 amide bonds. The number of fused-ring (bicyclic) bond motifs is 1. The van der Waals surface area contributed by atoms with Crippen molar-refractivity contribution >= 4 is 17.7 Å². The van der Waals surface area contributed by atoms with E-state index in [0.29, 0.717) is 6.54 Å². The largest absolute Gasteiger partial charge is 0.482 e. The van der Waals surface area contributed by atoms with Gasteiger partial charge in [0.15, 0.2) is 0 Å². The fraction of sp³-hybridized carbons (Fsp3) is 0.400. The highest BCUT2D eigenvalue weighted by atomic mass is 16.5. The first-order valence-corrected chi connectivity index (χ1v) is 10.6. The number of nitrogens with zero attached hydrogens (tertiary/aromatic N) is 1. The average molecular weight is 407 g/mol. The number of hydrogen-bond acceptors (Lipinski definition) is 4. The molecular weight excluding hydrogens is 376 g/mol.